The van der Waals surface area contributed by atoms with Crippen LogP contribution >= 0.6 is 0 Å². The highest BCUT2D eigenvalue weighted by molar-refractivity contribution is 5.29. The summed E-state index contributed by atoms with van der Waals surface area (Å²) in [5.41, 5.74) is 8.46. The first-order chi connectivity index (χ1) is 7.57. The molecule has 0 saturated heterocycles. The number of nitrogens with zero attached hydrogens (tertiary/aromatic N) is 1. The summed E-state index contributed by atoms with van der Waals surface area (Å²) in [7, 11) is 4.29. The second-order valence-corrected chi connectivity index (χ2v) is 4.82. The van der Waals surface area contributed by atoms with E-state index >= 15 is 0 Å². The third-order valence-electron chi connectivity index (χ3n) is 3.22. The molecule has 0 aliphatic heterocycles. The van der Waals surface area contributed by atoms with E-state index in [0.717, 1.165) is 13.0 Å². The van der Waals surface area contributed by atoms with Crippen LogP contribution in [0.2, 0.25) is 0 Å². The van der Waals surface area contributed by atoms with E-state index in [9.17, 15) is 0 Å². The van der Waals surface area contributed by atoms with Crippen molar-refractivity contribution >= 4 is 0 Å². The van der Waals surface area contributed by atoms with Gasteiger partial charge in [0.05, 0.1) is 0 Å². The molecular weight excluding hydrogens is 196 g/mol. The predicted molar refractivity (Wildman–Crippen MR) is 70.4 cm³/mol. The zero-order valence-electron chi connectivity index (χ0n) is 10.9. The Morgan fingerprint density at radius 3 is 2.38 bits per heavy atom. The van der Waals surface area contributed by atoms with Crippen LogP contribution in [0, 0.1) is 12.8 Å². The van der Waals surface area contributed by atoms with Gasteiger partial charge in [-0.05, 0) is 51.0 Å². The summed E-state index contributed by atoms with van der Waals surface area (Å²) < 4.78 is 0. The number of nitrogens with two attached hydrogens (primary N) is 1. The van der Waals surface area contributed by atoms with Crippen molar-refractivity contribution in [2.24, 2.45) is 11.7 Å². The lowest BCUT2D eigenvalue weighted by atomic mass is 9.88. The van der Waals surface area contributed by atoms with Crippen LogP contribution in [0.4, 0.5) is 0 Å². The first-order valence-corrected chi connectivity index (χ1v) is 6.00. The molecular formula is C14H24N2. The van der Waals surface area contributed by atoms with Gasteiger partial charge in [0, 0.05) is 6.04 Å². The van der Waals surface area contributed by atoms with Gasteiger partial charge >= 0.3 is 0 Å². The van der Waals surface area contributed by atoms with Crippen LogP contribution in [0.15, 0.2) is 24.3 Å². The maximum atomic E-state index is 5.66. The first-order valence-electron chi connectivity index (χ1n) is 6.00. The maximum absolute atomic E-state index is 5.66. The first kappa shape index (κ1) is 13.2. The van der Waals surface area contributed by atoms with Gasteiger partial charge in [-0.1, -0.05) is 31.2 Å². The fraction of sp³-hybridized carbons (Fsp3) is 0.571. The summed E-state index contributed by atoms with van der Waals surface area (Å²) >= 11 is 0. The molecule has 0 heterocycles. The molecule has 0 aliphatic rings. The monoisotopic (exact) mass is 220 g/mol. The zero-order chi connectivity index (χ0) is 12.1. The lowest BCUT2D eigenvalue weighted by molar-refractivity contribution is 0.216. The van der Waals surface area contributed by atoms with Crippen LogP contribution in [-0.4, -0.2) is 25.5 Å². The molecule has 1 aromatic rings. The topological polar surface area (TPSA) is 29.3 Å². The van der Waals surface area contributed by atoms with Gasteiger partial charge in [-0.3, -0.25) is 0 Å². The van der Waals surface area contributed by atoms with E-state index in [-0.39, 0.29) is 0 Å². The van der Waals surface area contributed by atoms with Gasteiger partial charge in [0.15, 0.2) is 0 Å². The fourth-order valence-corrected chi connectivity index (χ4v) is 2.43. The number of benzene rings is 1. The van der Waals surface area contributed by atoms with Crippen molar-refractivity contribution in [2.45, 2.75) is 26.3 Å². The quantitative estimate of drug-likeness (QED) is 0.826. The summed E-state index contributed by atoms with van der Waals surface area (Å²) in [6.07, 6.45) is 1.07. The minimum Gasteiger partial charge on any atom is -0.330 e. The molecule has 0 aromatic heterocycles. The molecule has 16 heavy (non-hydrogen) atoms. The highest BCUT2D eigenvalue weighted by Crippen LogP contribution is 2.30. The van der Waals surface area contributed by atoms with Gasteiger partial charge in [-0.25, -0.2) is 0 Å². The standard InChI is InChI=1S/C14H24N2/c1-11-7-5-6-8-13(11)14(16(3)4)12(2)9-10-15/h5-8,12,14H,9-10,15H2,1-4H3. The van der Waals surface area contributed by atoms with E-state index in [4.69, 9.17) is 5.73 Å². The lowest BCUT2D eigenvalue weighted by Gasteiger charge is -2.31. The van der Waals surface area contributed by atoms with Gasteiger partial charge < -0.3 is 10.6 Å². The van der Waals surface area contributed by atoms with Crippen LogP contribution in [-0.2, 0) is 0 Å². The van der Waals surface area contributed by atoms with E-state index in [1.54, 1.807) is 0 Å². The van der Waals surface area contributed by atoms with E-state index in [1.165, 1.54) is 11.1 Å². The molecule has 0 bridgehead atoms. The van der Waals surface area contributed by atoms with Crippen LogP contribution in [0.5, 0.6) is 0 Å². The smallest absolute Gasteiger partial charge is 0.0370 e. The Morgan fingerprint density at radius 2 is 1.88 bits per heavy atom. The molecule has 2 heteroatoms. The Balaban J connectivity index is 2.98. The van der Waals surface area contributed by atoms with Gasteiger partial charge in [0.25, 0.3) is 0 Å². The number of aryl methyl sites for hydroxylation is 1. The molecule has 0 amide bonds. The third kappa shape index (κ3) is 3.06. The highest BCUT2D eigenvalue weighted by atomic mass is 15.1. The third-order valence-corrected chi connectivity index (χ3v) is 3.22. The van der Waals surface area contributed by atoms with Crippen molar-refractivity contribution in [3.63, 3.8) is 0 Å². The van der Waals surface area contributed by atoms with Crippen molar-refractivity contribution in [1.82, 2.24) is 4.90 Å². The van der Waals surface area contributed by atoms with Gasteiger partial charge in [-0.15, -0.1) is 0 Å². The minimum absolute atomic E-state index is 0.463. The Kier molecular flexibility index (Phi) is 4.97. The van der Waals surface area contributed by atoms with Gasteiger partial charge in [0.1, 0.15) is 0 Å². The Bertz CT molecular complexity index is 320. The molecule has 0 radical (unpaired) electrons. The SMILES string of the molecule is Cc1ccccc1C(C(C)CCN)N(C)C. The second-order valence-electron chi connectivity index (χ2n) is 4.82. The Morgan fingerprint density at radius 1 is 1.25 bits per heavy atom. The molecule has 0 spiro atoms. The van der Waals surface area contributed by atoms with E-state index < -0.39 is 0 Å². The summed E-state index contributed by atoms with van der Waals surface area (Å²) in [5.74, 6) is 0.584. The van der Waals surface area contributed by atoms with Gasteiger partial charge in [0.2, 0.25) is 0 Å². The van der Waals surface area contributed by atoms with Crippen molar-refractivity contribution < 1.29 is 0 Å². The van der Waals surface area contributed by atoms with Gasteiger partial charge in [-0.2, -0.15) is 0 Å². The van der Waals surface area contributed by atoms with Crippen molar-refractivity contribution in [1.29, 1.82) is 0 Å². The molecule has 1 aromatic carbocycles. The molecule has 0 aliphatic carbocycles. The lowest BCUT2D eigenvalue weighted by Crippen LogP contribution is -2.28. The Hall–Kier alpha value is -0.860. The summed E-state index contributed by atoms with van der Waals surface area (Å²) in [6, 6.07) is 9.09. The molecule has 0 fully saturated rings. The summed E-state index contributed by atoms with van der Waals surface area (Å²) in [5, 5.41) is 0. The molecule has 90 valence electrons. The molecule has 0 saturated carbocycles. The average Bonchev–Trinajstić information content (AvgIpc) is 2.21. The molecule has 2 unspecified atom stereocenters. The van der Waals surface area contributed by atoms with E-state index in [1.807, 2.05) is 0 Å². The van der Waals surface area contributed by atoms with E-state index in [0.29, 0.717) is 12.0 Å². The Labute approximate surface area is 99.5 Å². The molecule has 2 atom stereocenters. The van der Waals surface area contributed by atoms with Crippen LogP contribution in [0.25, 0.3) is 0 Å². The van der Waals surface area contributed by atoms with Crippen molar-refractivity contribution in [2.75, 3.05) is 20.6 Å². The van der Waals surface area contributed by atoms with Crippen molar-refractivity contribution in [3.05, 3.63) is 35.4 Å². The maximum Gasteiger partial charge on any atom is 0.0370 e. The fourth-order valence-electron chi connectivity index (χ4n) is 2.43. The van der Waals surface area contributed by atoms with Crippen LogP contribution in [0.1, 0.15) is 30.5 Å². The zero-order valence-corrected chi connectivity index (χ0v) is 10.9. The number of rotatable bonds is 5. The normalized spacial score (nSPS) is 15.1. The number of hydrogen-bond acceptors (Lipinski definition) is 2. The predicted octanol–water partition coefficient (Wildman–Crippen LogP) is 2.58. The van der Waals surface area contributed by atoms with Crippen LogP contribution in [0.3, 0.4) is 0 Å². The molecule has 2 nitrogen and oxygen atoms in total. The second kappa shape index (κ2) is 6.02. The summed E-state index contributed by atoms with van der Waals surface area (Å²) in [6.45, 7) is 5.22. The highest BCUT2D eigenvalue weighted by Gasteiger charge is 2.21. The molecule has 2 N–H and O–H groups in total. The summed E-state index contributed by atoms with van der Waals surface area (Å²) in [4.78, 5) is 2.29. The molecule has 1 rings (SSSR count). The minimum atomic E-state index is 0.463. The van der Waals surface area contributed by atoms with E-state index in [2.05, 4.69) is 57.1 Å². The average molecular weight is 220 g/mol. The van der Waals surface area contributed by atoms with Crippen molar-refractivity contribution in [3.8, 4) is 0 Å². The largest absolute Gasteiger partial charge is 0.330 e. The number of hydrogen-bond donors (Lipinski definition) is 1. The van der Waals surface area contributed by atoms with Crippen LogP contribution < -0.4 is 5.73 Å².